The molecule has 1 N–H and O–H groups in total. The molecule has 2 heterocycles. The Labute approximate surface area is 174 Å². The number of carbonyl (C=O) groups excluding carboxylic acids is 1. The van der Waals surface area contributed by atoms with Crippen LogP contribution < -0.4 is 4.90 Å². The number of nitrogens with zero attached hydrogens (tertiary/aromatic N) is 3. The Kier molecular flexibility index (Phi) is 5.48. The van der Waals surface area contributed by atoms with E-state index in [1.807, 2.05) is 30.3 Å². The molecule has 4 rings (SSSR count). The molecule has 5 nitrogen and oxygen atoms in total. The fourth-order valence-electron chi connectivity index (χ4n) is 3.66. The van der Waals surface area contributed by atoms with Crippen LogP contribution in [0.15, 0.2) is 65.8 Å². The Hall–Kier alpha value is -3.67. The molecule has 6 heteroatoms. The molecule has 1 unspecified atom stereocenters. The number of benzene rings is 2. The summed E-state index contributed by atoms with van der Waals surface area (Å²) in [4.78, 5) is 22.8. The van der Waals surface area contributed by atoms with Crippen molar-refractivity contribution in [2.75, 3.05) is 11.9 Å². The van der Waals surface area contributed by atoms with Crippen LogP contribution in [0.4, 0.5) is 10.1 Å². The summed E-state index contributed by atoms with van der Waals surface area (Å²) in [6.07, 6.45) is 5.41. The van der Waals surface area contributed by atoms with Crippen LogP contribution in [0.3, 0.4) is 0 Å². The average Bonchev–Trinajstić information content (AvgIpc) is 3.09. The highest BCUT2D eigenvalue weighted by Crippen LogP contribution is 2.31. The van der Waals surface area contributed by atoms with E-state index in [0.29, 0.717) is 24.2 Å². The van der Waals surface area contributed by atoms with Crippen LogP contribution in [-0.4, -0.2) is 30.4 Å². The average molecular weight is 400 g/mol. The summed E-state index contributed by atoms with van der Waals surface area (Å²) in [5.74, 6) is -0.814. The summed E-state index contributed by atoms with van der Waals surface area (Å²) in [6.45, 7) is 0.371. The number of hydrogen-bond acceptors (Lipinski definition) is 4. The number of aliphatic imine (C=N–C) groups is 1. The topological polar surface area (TPSA) is 69.4 Å². The first-order chi connectivity index (χ1) is 14.6. The van der Waals surface area contributed by atoms with Gasteiger partial charge in [-0.05, 0) is 47.4 Å². The zero-order chi connectivity index (χ0) is 21.1. The van der Waals surface area contributed by atoms with Crippen molar-refractivity contribution in [2.45, 2.75) is 18.9 Å². The number of para-hydroxylation sites is 1. The van der Waals surface area contributed by atoms with Crippen molar-refractivity contribution in [1.82, 2.24) is 4.98 Å². The van der Waals surface area contributed by atoms with Gasteiger partial charge < -0.3 is 10.3 Å². The number of pyridine rings is 1. The zero-order valence-corrected chi connectivity index (χ0v) is 16.5. The van der Waals surface area contributed by atoms with Gasteiger partial charge in [-0.15, -0.1) is 0 Å². The molecule has 1 aliphatic rings. The summed E-state index contributed by atoms with van der Waals surface area (Å²) in [5, 5.41) is 7.50. The van der Waals surface area contributed by atoms with Crippen LogP contribution in [-0.2, 0) is 13.0 Å². The number of hydrogen-bond donors (Lipinski definition) is 1. The number of fused-ring (bicyclic) bond motifs is 1. The molecule has 0 bridgehead atoms. The molecule has 1 amide bonds. The van der Waals surface area contributed by atoms with Gasteiger partial charge in [-0.3, -0.25) is 14.8 Å². The summed E-state index contributed by atoms with van der Waals surface area (Å²) >= 11 is 0. The predicted molar refractivity (Wildman–Crippen MR) is 116 cm³/mol. The summed E-state index contributed by atoms with van der Waals surface area (Å²) in [6, 6.07) is 16.0. The lowest BCUT2D eigenvalue weighted by Gasteiger charge is -2.16. The fraction of sp³-hybridized carbons (Fsp3) is 0.167. The van der Waals surface area contributed by atoms with E-state index >= 15 is 0 Å². The minimum Gasteiger partial charge on any atom is -0.312 e. The van der Waals surface area contributed by atoms with Gasteiger partial charge in [-0.1, -0.05) is 30.3 Å². The van der Waals surface area contributed by atoms with Crippen LogP contribution in [0.5, 0.6) is 0 Å². The molecular formula is C24H21FN4O. The Bertz CT molecular complexity index is 1120. The van der Waals surface area contributed by atoms with Crippen molar-refractivity contribution in [3.8, 4) is 0 Å². The first-order valence-corrected chi connectivity index (χ1v) is 9.66. The lowest BCUT2D eigenvalue weighted by molar-refractivity contribution is 0.0995. The first-order valence-electron chi connectivity index (χ1n) is 9.66. The monoisotopic (exact) mass is 400 g/mol. The van der Waals surface area contributed by atoms with E-state index < -0.39 is 5.82 Å². The molecule has 2 aromatic carbocycles. The van der Waals surface area contributed by atoms with Crippen molar-refractivity contribution >= 4 is 24.0 Å². The highest BCUT2D eigenvalue weighted by molar-refractivity contribution is 6.10. The van der Waals surface area contributed by atoms with Gasteiger partial charge in [0, 0.05) is 31.2 Å². The van der Waals surface area contributed by atoms with Crippen LogP contribution in [0.1, 0.15) is 38.7 Å². The number of halogens is 1. The second-order valence-corrected chi connectivity index (χ2v) is 7.20. The fourth-order valence-corrected chi connectivity index (χ4v) is 3.66. The normalized spacial score (nSPS) is 14.2. The maximum Gasteiger partial charge on any atom is 0.259 e. The molecule has 0 fully saturated rings. The van der Waals surface area contributed by atoms with Crippen molar-refractivity contribution in [3.05, 3.63) is 94.6 Å². The van der Waals surface area contributed by atoms with Crippen LogP contribution >= 0.6 is 0 Å². The predicted octanol–water partition coefficient (Wildman–Crippen LogP) is 4.41. The van der Waals surface area contributed by atoms with Gasteiger partial charge in [0.1, 0.15) is 5.82 Å². The Balaban J connectivity index is 1.53. The molecule has 1 aromatic heterocycles. The van der Waals surface area contributed by atoms with E-state index in [0.717, 1.165) is 22.4 Å². The summed E-state index contributed by atoms with van der Waals surface area (Å²) < 4.78 is 14.1. The lowest BCUT2D eigenvalue weighted by atomic mass is 10.0. The third-order valence-corrected chi connectivity index (χ3v) is 5.21. The molecule has 3 aromatic rings. The summed E-state index contributed by atoms with van der Waals surface area (Å²) in [5.41, 5.74) is 4.58. The van der Waals surface area contributed by atoms with E-state index in [1.165, 1.54) is 17.2 Å². The molecule has 0 radical (unpaired) electrons. The molecule has 0 spiro atoms. The van der Waals surface area contributed by atoms with Gasteiger partial charge in [-0.2, -0.15) is 0 Å². The van der Waals surface area contributed by atoms with Crippen LogP contribution in [0.25, 0.3) is 0 Å². The molecule has 0 saturated carbocycles. The Morgan fingerprint density at radius 3 is 2.70 bits per heavy atom. The highest BCUT2D eigenvalue weighted by Gasteiger charge is 2.30. The summed E-state index contributed by atoms with van der Waals surface area (Å²) in [7, 11) is 1.67. The van der Waals surface area contributed by atoms with Crippen molar-refractivity contribution in [1.29, 1.82) is 5.41 Å². The lowest BCUT2D eigenvalue weighted by Crippen LogP contribution is -2.24. The minimum absolute atomic E-state index is 0.182. The molecule has 1 aliphatic heterocycles. The number of aromatic nitrogens is 1. The zero-order valence-electron chi connectivity index (χ0n) is 16.5. The quantitative estimate of drug-likeness (QED) is 0.623. The second-order valence-electron chi connectivity index (χ2n) is 7.20. The van der Waals surface area contributed by atoms with Gasteiger partial charge >= 0.3 is 0 Å². The maximum atomic E-state index is 14.1. The maximum absolute atomic E-state index is 14.1. The first kappa shape index (κ1) is 19.6. The Morgan fingerprint density at radius 2 is 2.00 bits per heavy atom. The third kappa shape index (κ3) is 3.76. The van der Waals surface area contributed by atoms with Gasteiger partial charge in [0.05, 0.1) is 23.8 Å². The minimum atomic E-state index is -0.401. The number of anilines is 1. The van der Waals surface area contributed by atoms with Gasteiger partial charge in [-0.25, -0.2) is 4.39 Å². The number of nitrogens with one attached hydrogen (secondary N) is 1. The van der Waals surface area contributed by atoms with Crippen molar-refractivity contribution in [3.63, 3.8) is 0 Å². The van der Waals surface area contributed by atoms with Crippen molar-refractivity contribution in [2.24, 2.45) is 4.99 Å². The van der Waals surface area contributed by atoms with Crippen LogP contribution in [0, 0.1) is 11.2 Å². The number of rotatable bonds is 6. The third-order valence-electron chi connectivity index (χ3n) is 5.21. The van der Waals surface area contributed by atoms with E-state index in [2.05, 4.69) is 9.98 Å². The van der Waals surface area contributed by atoms with Gasteiger partial charge in [0.25, 0.3) is 5.91 Å². The van der Waals surface area contributed by atoms with E-state index in [1.54, 1.807) is 37.7 Å². The molecule has 150 valence electrons. The SMILES string of the molecule is CN=CC(C=N)c1ccc(Cc2ccc3c(c2)C(=O)N(c2ccccc2F)C3)cn1. The standard InChI is InChI=1S/C24H21FN4O/c1-27-14-19(12-26)22-9-7-17(13-28-22)10-16-6-8-18-15-29(24(30)20(18)11-16)23-5-3-2-4-21(23)25/h2-9,11-14,19,26H,10,15H2,1H3. The molecule has 0 aliphatic carbocycles. The molecule has 1 atom stereocenters. The van der Waals surface area contributed by atoms with E-state index in [4.69, 9.17) is 5.41 Å². The second kappa shape index (κ2) is 8.37. The van der Waals surface area contributed by atoms with Crippen molar-refractivity contribution < 1.29 is 9.18 Å². The largest absolute Gasteiger partial charge is 0.312 e. The number of amides is 1. The smallest absolute Gasteiger partial charge is 0.259 e. The van der Waals surface area contributed by atoms with E-state index in [-0.39, 0.29) is 11.8 Å². The Morgan fingerprint density at radius 1 is 1.20 bits per heavy atom. The molecule has 0 saturated heterocycles. The van der Waals surface area contributed by atoms with Gasteiger partial charge in [0.2, 0.25) is 0 Å². The van der Waals surface area contributed by atoms with Gasteiger partial charge in [0.15, 0.2) is 0 Å². The molecule has 30 heavy (non-hydrogen) atoms. The van der Waals surface area contributed by atoms with Crippen LogP contribution in [0.2, 0.25) is 0 Å². The molecular weight excluding hydrogens is 379 g/mol. The highest BCUT2D eigenvalue weighted by atomic mass is 19.1. The number of carbonyl (C=O) groups is 1. The van der Waals surface area contributed by atoms with E-state index in [9.17, 15) is 9.18 Å².